The fourth-order valence-corrected chi connectivity index (χ4v) is 2.22. The molecule has 0 spiro atoms. The molecule has 10 nitrogen and oxygen atoms in total. The Bertz CT molecular complexity index is 826. The van der Waals surface area contributed by atoms with E-state index in [0.717, 1.165) is 6.42 Å². The summed E-state index contributed by atoms with van der Waals surface area (Å²) in [5.74, 6) is 0.0638. The van der Waals surface area contributed by atoms with Gasteiger partial charge in [-0.15, -0.1) is 0 Å². The van der Waals surface area contributed by atoms with Crippen molar-refractivity contribution in [3.63, 3.8) is 0 Å². The average Bonchev–Trinajstić information content (AvgIpc) is 2.66. The number of ether oxygens (including phenoxy) is 1. The molecular formula is C17H23N7O3. The van der Waals surface area contributed by atoms with Crippen molar-refractivity contribution in [1.29, 1.82) is 0 Å². The maximum Gasteiger partial charge on any atom is 0.260 e. The number of nitrogens with two attached hydrogens (primary N) is 2. The van der Waals surface area contributed by atoms with Gasteiger partial charge in [0.1, 0.15) is 17.1 Å². The molecule has 0 atom stereocenters. The van der Waals surface area contributed by atoms with E-state index >= 15 is 0 Å². The molecule has 0 saturated carbocycles. The van der Waals surface area contributed by atoms with Crippen LogP contribution in [-0.4, -0.2) is 42.0 Å². The lowest BCUT2D eigenvalue weighted by atomic mass is 10.2. The predicted molar refractivity (Wildman–Crippen MR) is 104 cm³/mol. The molecule has 0 radical (unpaired) electrons. The molecule has 7 N–H and O–H groups in total. The molecule has 0 fully saturated rings. The van der Waals surface area contributed by atoms with E-state index in [2.05, 4.69) is 25.9 Å². The Morgan fingerprint density at radius 1 is 1.26 bits per heavy atom. The highest BCUT2D eigenvalue weighted by atomic mass is 16.5. The summed E-state index contributed by atoms with van der Waals surface area (Å²) in [5, 5.41) is 8.41. The maximum absolute atomic E-state index is 12.6. The molecule has 0 saturated heterocycles. The van der Waals surface area contributed by atoms with Crippen LogP contribution in [-0.2, 0) is 4.79 Å². The van der Waals surface area contributed by atoms with Crippen LogP contribution in [0.15, 0.2) is 24.4 Å². The highest BCUT2D eigenvalue weighted by Crippen LogP contribution is 2.28. The number of hydrogen-bond acceptors (Lipinski definition) is 8. The number of amides is 2. The number of hydrogen-bond donors (Lipinski definition) is 5. The highest BCUT2D eigenvalue weighted by molar-refractivity contribution is 6.07. The number of nitrogens with one attached hydrogen (secondary N) is 3. The minimum Gasteiger partial charge on any atom is -0.495 e. The Balaban J connectivity index is 2.25. The second kappa shape index (κ2) is 9.34. The summed E-state index contributed by atoms with van der Waals surface area (Å²) in [6.07, 6.45) is 2.21. The van der Waals surface area contributed by atoms with Gasteiger partial charge in [-0.1, -0.05) is 6.92 Å². The lowest BCUT2D eigenvalue weighted by Gasteiger charge is -2.14. The zero-order valence-electron chi connectivity index (χ0n) is 15.2. The first-order valence-corrected chi connectivity index (χ1v) is 8.34. The van der Waals surface area contributed by atoms with E-state index in [1.54, 1.807) is 18.2 Å². The predicted octanol–water partition coefficient (Wildman–Crippen LogP) is 1.04. The molecule has 0 aliphatic rings. The number of nitrogens with zero attached hydrogens (tertiary/aromatic N) is 2. The molecule has 1 heterocycles. The van der Waals surface area contributed by atoms with Crippen LogP contribution in [0.5, 0.6) is 5.75 Å². The third-order valence-corrected chi connectivity index (χ3v) is 3.51. The molecule has 144 valence electrons. The number of aromatic nitrogens is 2. The Kier molecular flexibility index (Phi) is 6.89. The second-order valence-electron chi connectivity index (χ2n) is 5.54. The summed E-state index contributed by atoms with van der Waals surface area (Å²) < 4.78 is 5.20. The molecule has 0 bridgehead atoms. The molecular weight excluding hydrogens is 350 g/mol. The van der Waals surface area contributed by atoms with E-state index in [1.807, 2.05) is 6.92 Å². The van der Waals surface area contributed by atoms with Crippen LogP contribution in [0.3, 0.4) is 0 Å². The lowest BCUT2D eigenvalue weighted by Crippen LogP contribution is -2.22. The Morgan fingerprint density at radius 2 is 2.04 bits per heavy atom. The van der Waals surface area contributed by atoms with Crippen LogP contribution >= 0.6 is 0 Å². The molecule has 2 aromatic rings. The zero-order valence-corrected chi connectivity index (χ0v) is 15.2. The van der Waals surface area contributed by atoms with Crippen molar-refractivity contribution < 1.29 is 14.3 Å². The van der Waals surface area contributed by atoms with Gasteiger partial charge in [0.05, 0.1) is 19.3 Å². The van der Waals surface area contributed by atoms with E-state index < -0.39 is 5.91 Å². The monoisotopic (exact) mass is 373 g/mol. The summed E-state index contributed by atoms with van der Waals surface area (Å²) >= 11 is 0. The largest absolute Gasteiger partial charge is 0.495 e. The number of nitrogen functional groups attached to an aromatic ring is 1. The fraction of sp³-hybridized carbons (Fsp3) is 0.294. The number of rotatable bonds is 8. The number of methoxy groups -OCH3 is 1. The van der Waals surface area contributed by atoms with Crippen molar-refractivity contribution in [1.82, 2.24) is 9.97 Å². The Hall–Kier alpha value is -3.40. The second-order valence-corrected chi connectivity index (χ2v) is 5.54. The molecule has 2 amide bonds. The molecule has 2 rings (SSSR count). The summed E-state index contributed by atoms with van der Waals surface area (Å²) in [6.45, 7) is 2.45. The number of carbonyl (C=O) groups excluding carboxylic acids is 2. The van der Waals surface area contributed by atoms with Crippen LogP contribution in [0.1, 0.15) is 23.7 Å². The van der Waals surface area contributed by atoms with Gasteiger partial charge in [0.15, 0.2) is 0 Å². The van der Waals surface area contributed by atoms with Crippen molar-refractivity contribution in [2.45, 2.75) is 13.3 Å². The first-order valence-electron chi connectivity index (χ1n) is 8.34. The van der Waals surface area contributed by atoms with Crippen LogP contribution in [0.4, 0.5) is 23.1 Å². The SMILES string of the molecule is CCCNc1nc(N)ncc1C(=O)Nc1ccc(OC)c(NC(=O)CN)c1. The third-order valence-electron chi connectivity index (χ3n) is 3.51. The van der Waals surface area contributed by atoms with Crippen molar-refractivity contribution >= 4 is 35.0 Å². The highest BCUT2D eigenvalue weighted by Gasteiger charge is 2.15. The van der Waals surface area contributed by atoms with Gasteiger partial charge in [-0.2, -0.15) is 4.98 Å². The minimum atomic E-state index is -0.421. The standard InChI is InChI=1S/C17H23N7O3/c1-3-6-20-15-11(9-21-17(19)24-15)16(26)22-10-4-5-13(27-2)12(7-10)23-14(25)8-18/h4-5,7,9H,3,6,8,18H2,1-2H3,(H,22,26)(H,23,25)(H3,19,20,21,24). The van der Waals surface area contributed by atoms with E-state index in [1.165, 1.54) is 13.3 Å². The summed E-state index contributed by atoms with van der Waals surface area (Å²) in [6, 6.07) is 4.84. The van der Waals surface area contributed by atoms with E-state index in [-0.39, 0.29) is 24.0 Å². The fourth-order valence-electron chi connectivity index (χ4n) is 2.22. The number of carbonyl (C=O) groups is 2. The lowest BCUT2D eigenvalue weighted by molar-refractivity contribution is -0.114. The van der Waals surface area contributed by atoms with Crippen LogP contribution in [0.2, 0.25) is 0 Å². The van der Waals surface area contributed by atoms with Gasteiger partial charge in [0, 0.05) is 18.4 Å². The molecule has 0 aliphatic carbocycles. The Labute approximate surface area is 156 Å². The maximum atomic E-state index is 12.6. The van der Waals surface area contributed by atoms with Crippen molar-refractivity contribution in [2.75, 3.05) is 41.9 Å². The van der Waals surface area contributed by atoms with E-state index in [4.69, 9.17) is 16.2 Å². The van der Waals surface area contributed by atoms with Gasteiger partial charge < -0.3 is 32.2 Å². The average molecular weight is 373 g/mol. The van der Waals surface area contributed by atoms with E-state index in [9.17, 15) is 9.59 Å². The van der Waals surface area contributed by atoms with E-state index in [0.29, 0.717) is 29.5 Å². The Morgan fingerprint density at radius 3 is 2.70 bits per heavy atom. The molecule has 0 unspecified atom stereocenters. The van der Waals surface area contributed by atoms with Gasteiger partial charge >= 0.3 is 0 Å². The number of anilines is 4. The van der Waals surface area contributed by atoms with Gasteiger partial charge in [-0.25, -0.2) is 4.98 Å². The quantitative estimate of drug-likeness (QED) is 0.459. The van der Waals surface area contributed by atoms with Gasteiger partial charge in [0.25, 0.3) is 5.91 Å². The smallest absolute Gasteiger partial charge is 0.260 e. The van der Waals surface area contributed by atoms with Gasteiger partial charge in [-0.05, 0) is 24.6 Å². The summed E-state index contributed by atoms with van der Waals surface area (Å²) in [7, 11) is 1.48. The summed E-state index contributed by atoms with van der Waals surface area (Å²) in [4.78, 5) is 32.2. The summed E-state index contributed by atoms with van der Waals surface area (Å²) in [5.41, 5.74) is 12.0. The first-order chi connectivity index (χ1) is 13.0. The molecule has 27 heavy (non-hydrogen) atoms. The van der Waals surface area contributed by atoms with Gasteiger partial charge in [-0.3, -0.25) is 9.59 Å². The minimum absolute atomic E-state index is 0.0707. The normalized spacial score (nSPS) is 10.2. The zero-order chi connectivity index (χ0) is 19.8. The van der Waals surface area contributed by atoms with Crippen molar-refractivity contribution in [3.05, 3.63) is 30.0 Å². The van der Waals surface area contributed by atoms with Crippen LogP contribution in [0, 0.1) is 0 Å². The van der Waals surface area contributed by atoms with Crippen LogP contribution < -0.4 is 32.2 Å². The van der Waals surface area contributed by atoms with Gasteiger partial charge in [0.2, 0.25) is 11.9 Å². The molecule has 1 aromatic heterocycles. The number of benzene rings is 1. The van der Waals surface area contributed by atoms with Crippen molar-refractivity contribution in [2.24, 2.45) is 5.73 Å². The molecule has 0 aliphatic heterocycles. The molecule has 1 aromatic carbocycles. The topological polar surface area (TPSA) is 157 Å². The first kappa shape index (κ1) is 19.9. The van der Waals surface area contributed by atoms with Crippen LogP contribution in [0.25, 0.3) is 0 Å². The van der Waals surface area contributed by atoms with Crippen molar-refractivity contribution in [3.8, 4) is 5.75 Å². The molecule has 10 heteroatoms. The third kappa shape index (κ3) is 5.28.